The zero-order valence-corrected chi connectivity index (χ0v) is 10.8. The second-order valence-electron chi connectivity index (χ2n) is 4.54. The van der Waals surface area contributed by atoms with Crippen molar-refractivity contribution in [1.29, 1.82) is 0 Å². The Hall–Kier alpha value is -1.16. The van der Waals surface area contributed by atoms with Crippen LogP contribution >= 0.6 is 0 Å². The Bertz CT molecular complexity index is 345. The maximum absolute atomic E-state index is 4.38. The van der Waals surface area contributed by atoms with Gasteiger partial charge in [0.2, 0.25) is 0 Å². The van der Waals surface area contributed by atoms with Crippen LogP contribution in [0, 0.1) is 0 Å². The van der Waals surface area contributed by atoms with E-state index in [0.29, 0.717) is 6.04 Å². The third-order valence-electron chi connectivity index (χ3n) is 3.38. The number of rotatable bonds is 4. The van der Waals surface area contributed by atoms with E-state index in [1.807, 2.05) is 0 Å². The van der Waals surface area contributed by atoms with E-state index in [-0.39, 0.29) is 0 Å². The minimum atomic E-state index is 0.684. The smallest absolute Gasteiger partial charge is 0.132 e. The Morgan fingerprint density at radius 2 is 2.06 bits per heavy atom. The zero-order chi connectivity index (χ0) is 12.1. The minimum Gasteiger partial charge on any atom is -0.356 e. The summed E-state index contributed by atoms with van der Waals surface area (Å²) in [6, 6.07) is 2.80. The van der Waals surface area contributed by atoms with Gasteiger partial charge >= 0.3 is 0 Å². The first-order valence-corrected chi connectivity index (χ1v) is 6.62. The third-order valence-corrected chi connectivity index (χ3v) is 3.38. The number of anilines is 1. The average Bonchev–Trinajstić information content (AvgIpc) is 2.40. The number of hydrogen-bond acceptors (Lipinski definition) is 4. The lowest BCUT2D eigenvalue weighted by atomic mass is 10.1. The highest BCUT2D eigenvalue weighted by atomic mass is 15.2. The van der Waals surface area contributed by atoms with Crippen molar-refractivity contribution in [3.05, 3.63) is 18.1 Å². The summed E-state index contributed by atoms with van der Waals surface area (Å²) in [6.07, 6.45) is 5.08. The van der Waals surface area contributed by atoms with Crippen LogP contribution in [0.15, 0.2) is 12.4 Å². The summed E-state index contributed by atoms with van der Waals surface area (Å²) in [7, 11) is 0. The van der Waals surface area contributed by atoms with Crippen LogP contribution in [0.5, 0.6) is 0 Å². The van der Waals surface area contributed by atoms with Gasteiger partial charge in [0.05, 0.1) is 0 Å². The van der Waals surface area contributed by atoms with E-state index >= 15 is 0 Å². The molecule has 0 radical (unpaired) electrons. The van der Waals surface area contributed by atoms with Crippen molar-refractivity contribution < 1.29 is 0 Å². The lowest BCUT2D eigenvalue weighted by Crippen LogP contribution is -2.42. The van der Waals surface area contributed by atoms with Crippen molar-refractivity contribution in [3.63, 3.8) is 0 Å². The van der Waals surface area contributed by atoms with E-state index in [1.165, 1.54) is 12.8 Å². The first-order valence-electron chi connectivity index (χ1n) is 6.62. The largest absolute Gasteiger partial charge is 0.356 e. The van der Waals surface area contributed by atoms with E-state index in [0.717, 1.165) is 37.6 Å². The summed E-state index contributed by atoms with van der Waals surface area (Å²) in [4.78, 5) is 11.0. The fourth-order valence-electron chi connectivity index (χ4n) is 2.35. The highest BCUT2D eigenvalue weighted by Crippen LogP contribution is 2.18. The lowest BCUT2D eigenvalue weighted by Gasteiger charge is -2.33. The SMILES string of the molecule is CCNC1CCN(c2cc(CC)ncn2)CC1. The molecule has 17 heavy (non-hydrogen) atoms. The molecule has 1 fully saturated rings. The van der Waals surface area contributed by atoms with Gasteiger partial charge in [-0.25, -0.2) is 9.97 Å². The molecule has 1 aliphatic rings. The molecule has 0 saturated carbocycles. The topological polar surface area (TPSA) is 41.0 Å². The molecule has 2 heterocycles. The Balaban J connectivity index is 1.95. The fourth-order valence-corrected chi connectivity index (χ4v) is 2.35. The van der Waals surface area contributed by atoms with Crippen molar-refractivity contribution in [2.24, 2.45) is 0 Å². The summed E-state index contributed by atoms with van der Waals surface area (Å²) in [5, 5.41) is 3.52. The number of aromatic nitrogens is 2. The van der Waals surface area contributed by atoms with Gasteiger partial charge in [-0.15, -0.1) is 0 Å². The molecule has 0 unspecified atom stereocenters. The fraction of sp³-hybridized carbons (Fsp3) is 0.692. The van der Waals surface area contributed by atoms with E-state index in [4.69, 9.17) is 0 Å². The van der Waals surface area contributed by atoms with Crippen molar-refractivity contribution in [3.8, 4) is 0 Å². The van der Waals surface area contributed by atoms with Crippen molar-refractivity contribution >= 4 is 5.82 Å². The Labute approximate surface area is 103 Å². The molecule has 0 aliphatic carbocycles. The molecule has 0 amide bonds. The quantitative estimate of drug-likeness (QED) is 0.859. The van der Waals surface area contributed by atoms with E-state index < -0.39 is 0 Å². The molecular weight excluding hydrogens is 212 g/mol. The van der Waals surface area contributed by atoms with Gasteiger partial charge < -0.3 is 10.2 Å². The first-order chi connectivity index (χ1) is 8.33. The normalized spacial score (nSPS) is 17.4. The maximum Gasteiger partial charge on any atom is 0.132 e. The highest BCUT2D eigenvalue weighted by Gasteiger charge is 2.19. The molecule has 1 saturated heterocycles. The Morgan fingerprint density at radius 1 is 1.29 bits per heavy atom. The Morgan fingerprint density at radius 3 is 2.71 bits per heavy atom. The summed E-state index contributed by atoms with van der Waals surface area (Å²) in [5.41, 5.74) is 1.13. The monoisotopic (exact) mass is 234 g/mol. The summed E-state index contributed by atoms with van der Waals surface area (Å²) in [5.74, 6) is 1.09. The van der Waals surface area contributed by atoms with Gasteiger partial charge in [-0.05, 0) is 25.8 Å². The molecule has 0 atom stereocenters. The van der Waals surface area contributed by atoms with Crippen LogP contribution in [0.3, 0.4) is 0 Å². The first kappa shape index (κ1) is 12.3. The minimum absolute atomic E-state index is 0.684. The summed E-state index contributed by atoms with van der Waals surface area (Å²) < 4.78 is 0. The molecule has 4 heteroatoms. The molecule has 1 aromatic rings. The maximum atomic E-state index is 4.38. The molecule has 1 aliphatic heterocycles. The Kier molecular flexibility index (Phi) is 4.31. The number of hydrogen-bond donors (Lipinski definition) is 1. The van der Waals surface area contributed by atoms with Crippen LogP contribution in [0.1, 0.15) is 32.4 Å². The second-order valence-corrected chi connectivity index (χ2v) is 4.54. The van der Waals surface area contributed by atoms with Crippen molar-refractivity contribution in [1.82, 2.24) is 15.3 Å². The predicted molar refractivity (Wildman–Crippen MR) is 70.3 cm³/mol. The van der Waals surface area contributed by atoms with Gasteiger partial charge in [-0.2, -0.15) is 0 Å². The van der Waals surface area contributed by atoms with Gasteiger partial charge in [0.1, 0.15) is 12.1 Å². The second kappa shape index (κ2) is 5.96. The number of aryl methyl sites for hydroxylation is 1. The number of nitrogens with zero attached hydrogens (tertiary/aromatic N) is 3. The average molecular weight is 234 g/mol. The molecule has 2 rings (SSSR count). The standard InChI is InChI=1S/C13H22N4/c1-3-11-9-13(16-10-15-11)17-7-5-12(6-8-17)14-4-2/h9-10,12,14H,3-8H2,1-2H3. The number of nitrogens with one attached hydrogen (secondary N) is 1. The van der Waals surface area contributed by atoms with E-state index in [9.17, 15) is 0 Å². The van der Waals surface area contributed by atoms with Crippen molar-refractivity contribution in [2.45, 2.75) is 39.2 Å². The van der Waals surface area contributed by atoms with Crippen LogP contribution in [0.2, 0.25) is 0 Å². The number of piperidine rings is 1. The third kappa shape index (κ3) is 3.16. The molecular formula is C13H22N4. The van der Waals surface area contributed by atoms with E-state index in [2.05, 4.69) is 40.1 Å². The van der Waals surface area contributed by atoms with Crippen LogP contribution in [-0.2, 0) is 6.42 Å². The van der Waals surface area contributed by atoms with Crippen LogP contribution in [0.4, 0.5) is 5.82 Å². The molecule has 0 bridgehead atoms. The predicted octanol–water partition coefficient (Wildman–Crippen LogP) is 1.62. The molecule has 1 N–H and O–H groups in total. The van der Waals surface area contributed by atoms with Crippen LogP contribution in [-0.4, -0.2) is 35.6 Å². The molecule has 4 nitrogen and oxygen atoms in total. The van der Waals surface area contributed by atoms with Crippen LogP contribution < -0.4 is 10.2 Å². The van der Waals surface area contributed by atoms with E-state index in [1.54, 1.807) is 6.33 Å². The highest BCUT2D eigenvalue weighted by molar-refractivity contribution is 5.39. The molecule has 1 aromatic heterocycles. The van der Waals surface area contributed by atoms with Gasteiger partial charge in [0, 0.05) is 30.9 Å². The van der Waals surface area contributed by atoms with Gasteiger partial charge in [0.25, 0.3) is 0 Å². The molecule has 94 valence electrons. The van der Waals surface area contributed by atoms with Gasteiger partial charge in [0.15, 0.2) is 0 Å². The zero-order valence-electron chi connectivity index (χ0n) is 10.8. The summed E-state index contributed by atoms with van der Waals surface area (Å²) >= 11 is 0. The molecule has 0 aromatic carbocycles. The molecule has 0 spiro atoms. The summed E-state index contributed by atoms with van der Waals surface area (Å²) in [6.45, 7) is 7.56. The lowest BCUT2D eigenvalue weighted by molar-refractivity contribution is 0.422. The van der Waals surface area contributed by atoms with Crippen LogP contribution in [0.25, 0.3) is 0 Å². The van der Waals surface area contributed by atoms with Crippen molar-refractivity contribution in [2.75, 3.05) is 24.5 Å². The van der Waals surface area contributed by atoms with Gasteiger partial charge in [-0.1, -0.05) is 13.8 Å². The van der Waals surface area contributed by atoms with Gasteiger partial charge in [-0.3, -0.25) is 0 Å².